The summed E-state index contributed by atoms with van der Waals surface area (Å²) in [5.41, 5.74) is 6.07. The highest BCUT2D eigenvalue weighted by Crippen LogP contribution is 2.30. The van der Waals surface area contributed by atoms with Gasteiger partial charge in [0.15, 0.2) is 0 Å². The Morgan fingerprint density at radius 2 is 2.28 bits per heavy atom. The molecule has 1 aliphatic rings. The SMILES string of the molecule is Cc1ccc(CN(C)C2(CN)CCOC(C)C2)o1. The molecule has 2 rings (SSSR count). The molecule has 0 spiro atoms. The first kappa shape index (κ1) is 13.6. The summed E-state index contributed by atoms with van der Waals surface area (Å²) in [5, 5.41) is 0. The van der Waals surface area contributed by atoms with Gasteiger partial charge in [-0.1, -0.05) is 0 Å². The Morgan fingerprint density at radius 3 is 2.83 bits per heavy atom. The molecule has 1 saturated heterocycles. The summed E-state index contributed by atoms with van der Waals surface area (Å²) in [5.74, 6) is 1.96. The van der Waals surface area contributed by atoms with E-state index in [0.29, 0.717) is 6.54 Å². The van der Waals surface area contributed by atoms with Crippen LogP contribution in [0.5, 0.6) is 0 Å². The number of aryl methyl sites for hydroxylation is 1. The van der Waals surface area contributed by atoms with Gasteiger partial charge >= 0.3 is 0 Å². The van der Waals surface area contributed by atoms with Crippen molar-refractivity contribution in [3.8, 4) is 0 Å². The van der Waals surface area contributed by atoms with Crippen LogP contribution in [0.1, 0.15) is 31.3 Å². The molecule has 1 aromatic heterocycles. The Labute approximate surface area is 109 Å². The second-order valence-corrected chi connectivity index (χ2v) is 5.43. The molecule has 2 atom stereocenters. The van der Waals surface area contributed by atoms with Crippen LogP contribution < -0.4 is 5.73 Å². The fourth-order valence-corrected chi connectivity index (χ4v) is 2.81. The summed E-state index contributed by atoms with van der Waals surface area (Å²) in [6.07, 6.45) is 2.26. The van der Waals surface area contributed by atoms with Crippen molar-refractivity contribution in [2.75, 3.05) is 20.2 Å². The first-order valence-corrected chi connectivity index (χ1v) is 6.64. The zero-order valence-electron chi connectivity index (χ0n) is 11.6. The minimum Gasteiger partial charge on any atom is -0.465 e. The van der Waals surface area contributed by atoms with E-state index in [9.17, 15) is 0 Å². The molecule has 0 aromatic carbocycles. The van der Waals surface area contributed by atoms with Crippen LogP contribution in [0, 0.1) is 6.92 Å². The molecule has 4 nitrogen and oxygen atoms in total. The maximum atomic E-state index is 6.03. The third-order valence-electron chi connectivity index (χ3n) is 4.02. The van der Waals surface area contributed by atoms with Crippen LogP contribution in [0.2, 0.25) is 0 Å². The Bertz CT molecular complexity index is 391. The number of hydrogen-bond acceptors (Lipinski definition) is 4. The lowest BCUT2D eigenvalue weighted by Gasteiger charge is -2.45. The number of hydrogen-bond donors (Lipinski definition) is 1. The molecule has 2 heterocycles. The first-order chi connectivity index (χ1) is 8.55. The van der Waals surface area contributed by atoms with Gasteiger partial charge in [-0.3, -0.25) is 4.90 Å². The largest absolute Gasteiger partial charge is 0.465 e. The molecule has 1 aliphatic heterocycles. The van der Waals surface area contributed by atoms with Gasteiger partial charge < -0.3 is 14.9 Å². The van der Waals surface area contributed by atoms with Crippen LogP contribution in [0.3, 0.4) is 0 Å². The van der Waals surface area contributed by atoms with Crippen molar-refractivity contribution in [2.45, 2.75) is 44.9 Å². The highest BCUT2D eigenvalue weighted by molar-refractivity contribution is 5.06. The molecule has 1 fully saturated rings. The van der Waals surface area contributed by atoms with E-state index in [1.807, 2.05) is 19.1 Å². The third-order valence-corrected chi connectivity index (χ3v) is 4.02. The van der Waals surface area contributed by atoms with Crippen molar-refractivity contribution in [3.05, 3.63) is 23.7 Å². The van der Waals surface area contributed by atoms with Crippen LogP contribution in [0.4, 0.5) is 0 Å². The third kappa shape index (κ3) is 2.76. The van der Waals surface area contributed by atoms with Crippen molar-refractivity contribution in [1.82, 2.24) is 4.90 Å². The van der Waals surface area contributed by atoms with E-state index < -0.39 is 0 Å². The van der Waals surface area contributed by atoms with Crippen LogP contribution in [0.25, 0.3) is 0 Å². The summed E-state index contributed by atoms with van der Waals surface area (Å²) in [7, 11) is 2.13. The minimum atomic E-state index is 0.0400. The van der Waals surface area contributed by atoms with Crippen molar-refractivity contribution in [3.63, 3.8) is 0 Å². The van der Waals surface area contributed by atoms with Crippen LogP contribution >= 0.6 is 0 Å². The maximum absolute atomic E-state index is 6.03. The molecular formula is C14H24N2O2. The number of likely N-dealkylation sites (N-methyl/N-ethyl adjacent to an activating group) is 1. The van der Waals surface area contributed by atoms with Gasteiger partial charge in [0, 0.05) is 18.7 Å². The van der Waals surface area contributed by atoms with Crippen LogP contribution in [0.15, 0.2) is 16.5 Å². The van der Waals surface area contributed by atoms with Gasteiger partial charge in [-0.2, -0.15) is 0 Å². The van der Waals surface area contributed by atoms with Gasteiger partial charge in [-0.25, -0.2) is 0 Å². The van der Waals surface area contributed by atoms with Gasteiger partial charge in [0.1, 0.15) is 11.5 Å². The second kappa shape index (κ2) is 5.43. The molecule has 0 radical (unpaired) electrons. The number of nitrogens with two attached hydrogens (primary N) is 1. The van der Waals surface area contributed by atoms with Gasteiger partial charge in [0.2, 0.25) is 0 Å². The van der Waals surface area contributed by atoms with Crippen LogP contribution in [-0.4, -0.2) is 36.7 Å². The van der Waals surface area contributed by atoms with E-state index in [2.05, 4.69) is 18.9 Å². The minimum absolute atomic E-state index is 0.0400. The van der Waals surface area contributed by atoms with Gasteiger partial charge in [0.25, 0.3) is 0 Å². The van der Waals surface area contributed by atoms with Crippen molar-refractivity contribution < 1.29 is 9.15 Å². The molecule has 2 N–H and O–H groups in total. The average Bonchev–Trinajstić information content (AvgIpc) is 2.74. The fourth-order valence-electron chi connectivity index (χ4n) is 2.81. The lowest BCUT2D eigenvalue weighted by atomic mass is 9.85. The monoisotopic (exact) mass is 252 g/mol. The molecule has 0 bridgehead atoms. The summed E-state index contributed by atoms with van der Waals surface area (Å²) >= 11 is 0. The van der Waals surface area contributed by atoms with Crippen molar-refractivity contribution in [2.24, 2.45) is 5.73 Å². The highest BCUT2D eigenvalue weighted by Gasteiger charge is 2.38. The molecule has 0 aliphatic carbocycles. The molecule has 0 amide bonds. The molecule has 2 unspecified atom stereocenters. The van der Waals surface area contributed by atoms with E-state index in [4.69, 9.17) is 14.9 Å². The van der Waals surface area contributed by atoms with E-state index in [-0.39, 0.29) is 11.6 Å². The summed E-state index contributed by atoms with van der Waals surface area (Å²) in [4.78, 5) is 2.32. The topological polar surface area (TPSA) is 51.6 Å². The highest BCUT2D eigenvalue weighted by atomic mass is 16.5. The van der Waals surface area contributed by atoms with Crippen molar-refractivity contribution >= 4 is 0 Å². The average molecular weight is 252 g/mol. The lowest BCUT2D eigenvalue weighted by molar-refractivity contribution is -0.0598. The number of ether oxygens (including phenoxy) is 1. The lowest BCUT2D eigenvalue weighted by Crippen LogP contribution is -2.56. The molecule has 0 saturated carbocycles. The van der Waals surface area contributed by atoms with Gasteiger partial charge in [-0.15, -0.1) is 0 Å². The van der Waals surface area contributed by atoms with Gasteiger partial charge in [0.05, 0.1) is 12.6 Å². The van der Waals surface area contributed by atoms with Crippen molar-refractivity contribution in [1.29, 1.82) is 0 Å². The van der Waals surface area contributed by atoms with E-state index in [1.54, 1.807) is 0 Å². The first-order valence-electron chi connectivity index (χ1n) is 6.64. The summed E-state index contributed by atoms with van der Waals surface area (Å²) < 4.78 is 11.3. The predicted octanol–water partition coefficient (Wildman–Crippen LogP) is 1.92. The Morgan fingerprint density at radius 1 is 1.50 bits per heavy atom. The smallest absolute Gasteiger partial charge is 0.118 e. The summed E-state index contributed by atoms with van der Waals surface area (Å²) in [6.45, 7) is 6.35. The Kier molecular flexibility index (Phi) is 4.10. The Balaban J connectivity index is 2.07. The molecule has 18 heavy (non-hydrogen) atoms. The van der Waals surface area contributed by atoms with E-state index in [0.717, 1.165) is 37.5 Å². The standard InChI is InChI=1S/C14H24N2O2/c1-11-4-5-13(18-11)9-16(3)14(10-15)6-7-17-12(2)8-14/h4-5,12H,6-10,15H2,1-3H3. The maximum Gasteiger partial charge on any atom is 0.118 e. The van der Waals surface area contributed by atoms with E-state index >= 15 is 0 Å². The molecule has 1 aromatic rings. The summed E-state index contributed by atoms with van der Waals surface area (Å²) in [6, 6.07) is 4.05. The number of nitrogens with zero attached hydrogens (tertiary/aromatic N) is 1. The van der Waals surface area contributed by atoms with E-state index in [1.165, 1.54) is 0 Å². The molecule has 4 heteroatoms. The quantitative estimate of drug-likeness (QED) is 0.889. The fraction of sp³-hybridized carbons (Fsp3) is 0.714. The normalized spacial score (nSPS) is 28.8. The van der Waals surface area contributed by atoms with Crippen LogP contribution in [-0.2, 0) is 11.3 Å². The number of rotatable bonds is 4. The zero-order chi connectivity index (χ0) is 13.2. The molecular weight excluding hydrogens is 228 g/mol. The molecule has 102 valence electrons. The zero-order valence-corrected chi connectivity index (χ0v) is 11.6. The Hall–Kier alpha value is -0.840. The number of furan rings is 1. The predicted molar refractivity (Wildman–Crippen MR) is 71.3 cm³/mol. The second-order valence-electron chi connectivity index (χ2n) is 5.43. The van der Waals surface area contributed by atoms with Gasteiger partial charge in [-0.05, 0) is 45.9 Å².